The van der Waals surface area contributed by atoms with E-state index in [-0.39, 0.29) is 0 Å². The van der Waals surface area contributed by atoms with E-state index in [0.29, 0.717) is 5.25 Å². The summed E-state index contributed by atoms with van der Waals surface area (Å²) >= 11 is 3.33. The van der Waals surface area contributed by atoms with Gasteiger partial charge in [-0.05, 0) is 34.8 Å². The Morgan fingerprint density at radius 3 is 3.00 bits per heavy atom. The Kier molecular flexibility index (Phi) is 2.14. The highest BCUT2D eigenvalue weighted by Gasteiger charge is 2.30. The van der Waals surface area contributed by atoms with Gasteiger partial charge in [0.2, 0.25) is 0 Å². The summed E-state index contributed by atoms with van der Waals surface area (Å²) in [5.41, 5.74) is 1.56. The number of fused-ring (bicyclic) bond motifs is 1. The molecule has 3 rings (SSSR count). The van der Waals surface area contributed by atoms with E-state index in [2.05, 4.69) is 26.0 Å². The van der Waals surface area contributed by atoms with Crippen molar-refractivity contribution in [2.45, 2.75) is 18.1 Å². The van der Waals surface area contributed by atoms with Crippen molar-refractivity contribution in [1.82, 2.24) is 14.2 Å². The highest BCUT2D eigenvalue weighted by molar-refractivity contribution is 9.10. The predicted octanol–water partition coefficient (Wildman–Crippen LogP) is 1.87. The molecule has 2 aromatic heterocycles. The molecule has 0 aliphatic heterocycles. The van der Waals surface area contributed by atoms with Gasteiger partial charge in [-0.25, -0.2) is 4.21 Å². The molecule has 0 radical (unpaired) electrons. The van der Waals surface area contributed by atoms with Crippen LogP contribution < -0.4 is 0 Å². The molecule has 6 heteroatoms. The van der Waals surface area contributed by atoms with E-state index < -0.39 is 11.0 Å². The minimum atomic E-state index is -1.01. The van der Waals surface area contributed by atoms with Gasteiger partial charge in [-0.1, -0.05) is 0 Å². The SMILES string of the molecule is O=S(C1CC1)n1cc2ncc(Br)cc2n1. The molecule has 1 aliphatic carbocycles. The van der Waals surface area contributed by atoms with Gasteiger partial charge in [-0.15, -0.1) is 0 Å². The first-order valence-electron chi connectivity index (χ1n) is 4.66. The maximum Gasteiger partial charge on any atom is 0.143 e. The second-order valence-corrected chi connectivity index (χ2v) is 6.07. The molecular formula is C9H8BrN3OS. The zero-order chi connectivity index (χ0) is 10.4. The average Bonchev–Trinajstić information content (AvgIpc) is 2.97. The van der Waals surface area contributed by atoms with Gasteiger partial charge in [0.25, 0.3) is 0 Å². The molecule has 78 valence electrons. The zero-order valence-electron chi connectivity index (χ0n) is 7.76. The minimum Gasteiger partial charge on any atom is -0.252 e. The van der Waals surface area contributed by atoms with E-state index in [9.17, 15) is 4.21 Å². The zero-order valence-corrected chi connectivity index (χ0v) is 10.2. The largest absolute Gasteiger partial charge is 0.252 e. The van der Waals surface area contributed by atoms with Crippen LogP contribution in [0, 0.1) is 0 Å². The van der Waals surface area contributed by atoms with Crippen LogP contribution in [0.1, 0.15) is 12.8 Å². The molecule has 4 nitrogen and oxygen atoms in total. The van der Waals surface area contributed by atoms with Crippen LogP contribution in [0.3, 0.4) is 0 Å². The minimum absolute atomic E-state index is 0.294. The second-order valence-electron chi connectivity index (χ2n) is 3.57. The van der Waals surface area contributed by atoms with Crippen LogP contribution in [0.2, 0.25) is 0 Å². The Hall–Kier alpha value is -0.750. The van der Waals surface area contributed by atoms with Crippen molar-refractivity contribution in [3.05, 3.63) is 22.9 Å². The van der Waals surface area contributed by atoms with Gasteiger partial charge in [0, 0.05) is 10.7 Å². The molecule has 0 N–H and O–H groups in total. The van der Waals surface area contributed by atoms with Crippen molar-refractivity contribution in [2.24, 2.45) is 0 Å². The lowest BCUT2D eigenvalue weighted by Crippen LogP contribution is -2.09. The molecule has 1 saturated carbocycles. The Morgan fingerprint density at radius 1 is 1.47 bits per heavy atom. The van der Waals surface area contributed by atoms with E-state index in [4.69, 9.17) is 0 Å². The van der Waals surface area contributed by atoms with Crippen molar-refractivity contribution in [3.8, 4) is 0 Å². The third kappa shape index (κ3) is 1.72. The quantitative estimate of drug-likeness (QED) is 0.846. The molecule has 0 aromatic carbocycles. The van der Waals surface area contributed by atoms with Crippen LogP contribution >= 0.6 is 15.9 Å². The highest BCUT2D eigenvalue weighted by atomic mass is 79.9. The summed E-state index contributed by atoms with van der Waals surface area (Å²) in [6.45, 7) is 0. The summed E-state index contributed by atoms with van der Waals surface area (Å²) in [4.78, 5) is 4.20. The maximum absolute atomic E-state index is 11.8. The topological polar surface area (TPSA) is 47.8 Å². The third-order valence-corrected chi connectivity index (χ3v) is 4.33. The summed E-state index contributed by atoms with van der Waals surface area (Å²) in [6, 6.07) is 1.88. The van der Waals surface area contributed by atoms with E-state index >= 15 is 0 Å². The molecular weight excluding hydrogens is 278 g/mol. The van der Waals surface area contributed by atoms with Crippen LogP contribution in [0.15, 0.2) is 22.9 Å². The van der Waals surface area contributed by atoms with Gasteiger partial charge in [0.05, 0.1) is 11.4 Å². The molecule has 2 heterocycles. The molecule has 0 amide bonds. The summed E-state index contributed by atoms with van der Waals surface area (Å²) < 4.78 is 14.2. The van der Waals surface area contributed by atoms with E-state index in [1.807, 2.05) is 6.07 Å². The van der Waals surface area contributed by atoms with Crippen molar-refractivity contribution in [1.29, 1.82) is 0 Å². The molecule has 0 bridgehead atoms. The van der Waals surface area contributed by atoms with Crippen LogP contribution in [0.5, 0.6) is 0 Å². The number of rotatable bonds is 2. The fraction of sp³-hybridized carbons (Fsp3) is 0.333. The van der Waals surface area contributed by atoms with Crippen molar-refractivity contribution in [3.63, 3.8) is 0 Å². The first-order valence-corrected chi connectivity index (χ1v) is 6.62. The van der Waals surface area contributed by atoms with Crippen LogP contribution in [-0.4, -0.2) is 23.6 Å². The Labute approximate surface area is 97.4 Å². The van der Waals surface area contributed by atoms with Crippen LogP contribution in [0.25, 0.3) is 11.0 Å². The Morgan fingerprint density at radius 2 is 2.27 bits per heavy atom. The van der Waals surface area contributed by atoms with Crippen molar-refractivity contribution >= 4 is 37.9 Å². The molecule has 1 atom stereocenters. The summed E-state index contributed by atoms with van der Waals surface area (Å²) in [6.07, 6.45) is 5.55. The fourth-order valence-electron chi connectivity index (χ4n) is 1.37. The van der Waals surface area contributed by atoms with E-state index in [1.165, 1.54) is 4.09 Å². The fourth-order valence-corrected chi connectivity index (χ4v) is 2.91. The molecule has 15 heavy (non-hydrogen) atoms. The van der Waals surface area contributed by atoms with Gasteiger partial charge in [0.1, 0.15) is 22.0 Å². The second kappa shape index (κ2) is 3.38. The molecule has 1 aliphatic rings. The molecule has 2 aromatic rings. The first kappa shape index (κ1) is 9.47. The van der Waals surface area contributed by atoms with Crippen molar-refractivity contribution < 1.29 is 4.21 Å². The summed E-state index contributed by atoms with van der Waals surface area (Å²) in [7, 11) is -1.01. The van der Waals surface area contributed by atoms with Gasteiger partial charge in [-0.2, -0.15) is 9.19 Å². The maximum atomic E-state index is 11.8. The van der Waals surface area contributed by atoms with E-state index in [0.717, 1.165) is 28.3 Å². The standard InChI is InChI=1S/C9H8BrN3OS/c10-6-3-8-9(11-4-6)5-13(12-8)15(14)7-1-2-7/h3-5,7H,1-2H2. The number of pyridine rings is 1. The lowest BCUT2D eigenvalue weighted by molar-refractivity contribution is 0.671. The number of aromatic nitrogens is 3. The number of hydrogen-bond acceptors (Lipinski definition) is 3. The molecule has 1 unspecified atom stereocenters. The summed E-state index contributed by atoms with van der Waals surface area (Å²) in [5, 5.41) is 4.55. The van der Waals surface area contributed by atoms with E-state index in [1.54, 1.807) is 12.4 Å². The predicted molar refractivity (Wildman–Crippen MR) is 61.8 cm³/mol. The number of halogens is 1. The number of nitrogens with zero attached hydrogens (tertiary/aromatic N) is 3. The smallest absolute Gasteiger partial charge is 0.143 e. The van der Waals surface area contributed by atoms with Crippen LogP contribution in [0.4, 0.5) is 0 Å². The Balaban J connectivity index is 2.09. The third-order valence-electron chi connectivity index (χ3n) is 2.30. The highest BCUT2D eigenvalue weighted by Crippen LogP contribution is 2.27. The molecule has 0 spiro atoms. The van der Waals surface area contributed by atoms with Gasteiger partial charge >= 0.3 is 0 Å². The molecule has 1 fully saturated rings. The van der Waals surface area contributed by atoms with Gasteiger partial charge in [-0.3, -0.25) is 4.98 Å². The van der Waals surface area contributed by atoms with Gasteiger partial charge in [0.15, 0.2) is 0 Å². The number of hydrogen-bond donors (Lipinski definition) is 0. The average molecular weight is 286 g/mol. The monoisotopic (exact) mass is 285 g/mol. The van der Waals surface area contributed by atoms with Crippen LogP contribution in [-0.2, 0) is 11.0 Å². The summed E-state index contributed by atoms with van der Waals surface area (Å²) in [5.74, 6) is 0. The van der Waals surface area contributed by atoms with Gasteiger partial charge < -0.3 is 0 Å². The van der Waals surface area contributed by atoms with Crippen molar-refractivity contribution in [2.75, 3.05) is 0 Å². The Bertz CT molecular complexity index is 549. The lowest BCUT2D eigenvalue weighted by Gasteiger charge is -1.95. The lowest BCUT2D eigenvalue weighted by atomic mass is 10.4. The normalized spacial score (nSPS) is 18.2. The first-order chi connectivity index (χ1) is 7.24. The molecule has 0 saturated heterocycles.